The van der Waals surface area contributed by atoms with Gasteiger partial charge in [-0.05, 0) is 37.6 Å². The Kier molecular flexibility index (Phi) is 9.86. The molecule has 214 valence electrons. The van der Waals surface area contributed by atoms with Gasteiger partial charge in [0.1, 0.15) is 6.61 Å². The van der Waals surface area contributed by atoms with Crippen LogP contribution < -0.4 is 30.4 Å². The van der Waals surface area contributed by atoms with Gasteiger partial charge in [-0.2, -0.15) is 5.10 Å². The number of rotatable bonds is 12. The van der Waals surface area contributed by atoms with E-state index in [1.54, 1.807) is 57.1 Å². The summed E-state index contributed by atoms with van der Waals surface area (Å²) in [4.78, 5) is 36.9. The van der Waals surface area contributed by atoms with Crippen LogP contribution in [0.5, 0.6) is 11.5 Å². The summed E-state index contributed by atoms with van der Waals surface area (Å²) in [5, 5.41) is 30.8. The van der Waals surface area contributed by atoms with Crippen molar-refractivity contribution in [3.8, 4) is 11.5 Å². The van der Waals surface area contributed by atoms with Crippen molar-refractivity contribution >= 4 is 29.6 Å². The Bertz CT molecular complexity index is 1330. The number of hydrogen-bond donors (Lipinski definition) is 4. The van der Waals surface area contributed by atoms with Gasteiger partial charge >= 0.3 is 12.0 Å². The van der Waals surface area contributed by atoms with Crippen molar-refractivity contribution in [2.75, 3.05) is 39.3 Å². The fraction of sp³-hybridized carbons (Fsp3) is 0.346. The van der Waals surface area contributed by atoms with Crippen molar-refractivity contribution < 1.29 is 33.8 Å². The molecule has 2 amide bonds. The molecule has 40 heavy (non-hydrogen) atoms. The summed E-state index contributed by atoms with van der Waals surface area (Å²) in [5.74, 6) is 0.0491. The predicted molar refractivity (Wildman–Crippen MR) is 146 cm³/mol. The van der Waals surface area contributed by atoms with E-state index in [2.05, 4.69) is 21.2 Å². The Morgan fingerprint density at radius 3 is 2.65 bits per heavy atom. The summed E-state index contributed by atoms with van der Waals surface area (Å²) in [7, 11) is 4.85. The first-order valence-corrected chi connectivity index (χ1v) is 12.2. The van der Waals surface area contributed by atoms with Gasteiger partial charge in [0.15, 0.2) is 17.7 Å². The number of aliphatic hydroxyl groups is 1. The van der Waals surface area contributed by atoms with E-state index in [1.165, 1.54) is 25.5 Å². The van der Waals surface area contributed by atoms with Crippen LogP contribution in [0.2, 0.25) is 0 Å². The SMILES string of the molecule is CCOc1cc([C@@H]2NC(=O)NC(C)=C2C(=O)OC)ccc1OC[C@@H](O)N/N=C\c1cc([N+](=O)[O-])ccc1N(C)C. The molecular weight excluding hydrogens is 524 g/mol. The highest BCUT2D eigenvalue weighted by Crippen LogP contribution is 2.35. The van der Waals surface area contributed by atoms with E-state index >= 15 is 0 Å². The van der Waals surface area contributed by atoms with Crippen molar-refractivity contribution in [2.24, 2.45) is 5.10 Å². The third kappa shape index (κ3) is 7.17. The highest BCUT2D eigenvalue weighted by molar-refractivity contribution is 5.95. The lowest BCUT2D eigenvalue weighted by Crippen LogP contribution is -2.45. The van der Waals surface area contributed by atoms with Crippen LogP contribution in [0.25, 0.3) is 0 Å². The summed E-state index contributed by atoms with van der Waals surface area (Å²) in [6.07, 6.45) is 0.139. The van der Waals surface area contributed by atoms with Crippen LogP contribution in [0.3, 0.4) is 0 Å². The molecular formula is C26H32N6O8. The lowest BCUT2D eigenvalue weighted by atomic mass is 9.95. The largest absolute Gasteiger partial charge is 0.490 e. The number of carbonyl (C=O) groups excluding carboxylic acids is 2. The second-order valence-electron chi connectivity index (χ2n) is 8.81. The zero-order chi connectivity index (χ0) is 29.4. The van der Waals surface area contributed by atoms with Gasteiger partial charge in [0.2, 0.25) is 0 Å². The molecule has 0 saturated heterocycles. The van der Waals surface area contributed by atoms with Crippen molar-refractivity contribution in [1.82, 2.24) is 16.1 Å². The zero-order valence-electron chi connectivity index (χ0n) is 22.8. The van der Waals surface area contributed by atoms with E-state index in [4.69, 9.17) is 14.2 Å². The molecule has 0 spiro atoms. The maximum absolute atomic E-state index is 12.4. The van der Waals surface area contributed by atoms with E-state index in [0.717, 1.165) is 0 Å². The number of amides is 2. The number of ether oxygens (including phenoxy) is 3. The number of anilines is 1. The molecule has 0 radical (unpaired) electrons. The molecule has 1 aliphatic rings. The fourth-order valence-corrected chi connectivity index (χ4v) is 3.98. The number of aliphatic hydroxyl groups excluding tert-OH is 1. The first-order chi connectivity index (χ1) is 19.0. The van der Waals surface area contributed by atoms with E-state index in [-0.39, 0.29) is 17.9 Å². The van der Waals surface area contributed by atoms with Crippen LogP contribution in [-0.4, -0.2) is 68.9 Å². The minimum Gasteiger partial charge on any atom is -0.490 e. The van der Waals surface area contributed by atoms with E-state index in [0.29, 0.717) is 40.6 Å². The number of esters is 1. The van der Waals surface area contributed by atoms with Gasteiger partial charge in [-0.1, -0.05) is 6.07 Å². The molecule has 4 N–H and O–H groups in total. The lowest BCUT2D eigenvalue weighted by molar-refractivity contribution is -0.384. The Balaban J connectivity index is 1.73. The number of methoxy groups -OCH3 is 1. The Morgan fingerprint density at radius 2 is 2.00 bits per heavy atom. The Labute approximate surface area is 230 Å². The van der Waals surface area contributed by atoms with Gasteiger partial charge in [0.25, 0.3) is 5.69 Å². The first-order valence-electron chi connectivity index (χ1n) is 12.2. The quantitative estimate of drug-likeness (QED) is 0.0996. The molecule has 0 aliphatic carbocycles. The van der Waals surface area contributed by atoms with Crippen LogP contribution in [-0.2, 0) is 9.53 Å². The normalized spacial score (nSPS) is 15.7. The number of hydrazone groups is 1. The van der Waals surface area contributed by atoms with Gasteiger partial charge in [0, 0.05) is 43.2 Å². The first kappa shape index (κ1) is 29.7. The summed E-state index contributed by atoms with van der Waals surface area (Å²) >= 11 is 0. The number of nitrogens with zero attached hydrogens (tertiary/aromatic N) is 3. The van der Waals surface area contributed by atoms with E-state index in [9.17, 15) is 24.8 Å². The molecule has 2 aromatic carbocycles. The molecule has 2 atom stereocenters. The minimum atomic E-state index is -1.23. The summed E-state index contributed by atoms with van der Waals surface area (Å²) in [6.45, 7) is 3.48. The van der Waals surface area contributed by atoms with Gasteiger partial charge in [-0.25, -0.2) is 9.59 Å². The number of nitrogens with one attached hydrogen (secondary N) is 3. The van der Waals surface area contributed by atoms with Gasteiger partial charge in [-0.3, -0.25) is 15.5 Å². The van der Waals surface area contributed by atoms with Crippen LogP contribution in [0, 0.1) is 10.1 Å². The molecule has 0 bridgehead atoms. The average Bonchev–Trinajstić information content (AvgIpc) is 2.91. The highest BCUT2D eigenvalue weighted by Gasteiger charge is 2.32. The second kappa shape index (κ2) is 13.3. The molecule has 0 unspecified atom stereocenters. The lowest BCUT2D eigenvalue weighted by Gasteiger charge is -2.28. The average molecular weight is 557 g/mol. The number of non-ortho nitro benzene ring substituents is 1. The smallest absolute Gasteiger partial charge is 0.337 e. The molecule has 0 saturated carbocycles. The van der Waals surface area contributed by atoms with E-state index in [1.807, 2.05) is 0 Å². The number of nitro groups is 1. The third-order valence-electron chi connectivity index (χ3n) is 5.80. The van der Waals surface area contributed by atoms with Crippen molar-refractivity contribution in [3.05, 3.63) is 68.9 Å². The summed E-state index contributed by atoms with van der Waals surface area (Å²) in [6, 6.07) is 8.04. The van der Waals surface area contributed by atoms with Gasteiger partial charge in [0.05, 0.1) is 36.5 Å². The summed E-state index contributed by atoms with van der Waals surface area (Å²) < 4.78 is 16.3. The van der Waals surface area contributed by atoms with Crippen molar-refractivity contribution in [2.45, 2.75) is 26.1 Å². The third-order valence-corrected chi connectivity index (χ3v) is 5.80. The number of carbonyl (C=O) groups is 2. The second-order valence-corrected chi connectivity index (χ2v) is 8.81. The highest BCUT2D eigenvalue weighted by atomic mass is 16.6. The maximum atomic E-state index is 12.4. The van der Waals surface area contributed by atoms with Crippen molar-refractivity contribution in [1.29, 1.82) is 0 Å². The number of urea groups is 1. The minimum absolute atomic E-state index is 0.0868. The number of allylic oxidation sites excluding steroid dienone is 1. The Morgan fingerprint density at radius 1 is 1.25 bits per heavy atom. The van der Waals surface area contributed by atoms with Crippen LogP contribution >= 0.6 is 0 Å². The molecule has 1 heterocycles. The van der Waals surface area contributed by atoms with Crippen LogP contribution in [0.15, 0.2) is 52.8 Å². The van der Waals surface area contributed by atoms with Gasteiger partial charge in [-0.15, -0.1) is 0 Å². The molecule has 0 aromatic heterocycles. The zero-order valence-corrected chi connectivity index (χ0v) is 22.8. The molecule has 0 fully saturated rings. The maximum Gasteiger partial charge on any atom is 0.337 e. The molecule has 3 rings (SSSR count). The Hall–Kier alpha value is -4.85. The van der Waals surface area contributed by atoms with E-state index < -0.39 is 29.2 Å². The standard InChI is InChI=1S/C26H32N6O8/c1-6-39-21-12-16(24-23(25(34)38-5)15(2)28-26(35)29-24)7-10-20(21)40-14-22(33)30-27-13-17-11-18(32(36)37)8-9-19(17)31(3)4/h7-13,22,24,30,33H,6,14H2,1-5H3,(H2,28,29,35)/b27-13-/t22-,24+/m1/s1. The van der Waals surface area contributed by atoms with Crippen molar-refractivity contribution in [3.63, 3.8) is 0 Å². The fourth-order valence-electron chi connectivity index (χ4n) is 3.98. The van der Waals surface area contributed by atoms with Gasteiger partial charge < -0.3 is 34.9 Å². The molecule has 1 aliphatic heterocycles. The monoisotopic (exact) mass is 556 g/mol. The number of nitro benzene ring substituents is 1. The molecule has 14 nitrogen and oxygen atoms in total. The number of benzene rings is 2. The van der Waals surface area contributed by atoms with Crippen LogP contribution in [0.1, 0.15) is 31.0 Å². The summed E-state index contributed by atoms with van der Waals surface area (Å²) in [5.41, 5.74) is 4.80. The number of hydrogen-bond acceptors (Lipinski definition) is 11. The molecule has 14 heteroatoms. The topological polar surface area (TPSA) is 177 Å². The predicted octanol–water partition coefficient (Wildman–Crippen LogP) is 2.18. The molecule has 2 aromatic rings. The van der Waals surface area contributed by atoms with Crippen LogP contribution in [0.4, 0.5) is 16.2 Å².